The molecule has 0 fully saturated rings. The summed E-state index contributed by atoms with van der Waals surface area (Å²) in [5, 5.41) is 0. The van der Waals surface area contributed by atoms with Crippen molar-refractivity contribution in [3.63, 3.8) is 0 Å². The second-order valence-electron chi connectivity index (χ2n) is 8.11. The average Bonchev–Trinajstić information content (AvgIpc) is 2.87. The molecule has 0 aliphatic rings. The molecule has 4 aromatic rings. The second-order valence-corrected chi connectivity index (χ2v) is 8.11. The van der Waals surface area contributed by atoms with Gasteiger partial charge in [-0.25, -0.2) is 0 Å². The first kappa shape index (κ1) is 22.3. The minimum Gasteiger partial charge on any atom is -0.0795 e. The Morgan fingerprint density at radius 2 is 0.727 bits per heavy atom. The van der Waals surface area contributed by atoms with Crippen LogP contribution in [0.5, 0.6) is 0 Å². The van der Waals surface area contributed by atoms with Gasteiger partial charge in [0, 0.05) is 0 Å². The largest absolute Gasteiger partial charge is 0.0795 e. The quantitative estimate of drug-likeness (QED) is 0.252. The summed E-state index contributed by atoms with van der Waals surface area (Å²) in [6.45, 7) is 0. The summed E-state index contributed by atoms with van der Waals surface area (Å²) >= 11 is 0. The van der Waals surface area contributed by atoms with E-state index in [0.717, 1.165) is 19.3 Å². The Bertz CT molecular complexity index is 1130. The fraction of sp³-hybridized carbons (Fsp3) is 0.0909. The Morgan fingerprint density at radius 1 is 0.364 bits per heavy atom. The van der Waals surface area contributed by atoms with Crippen molar-refractivity contribution in [2.75, 3.05) is 0 Å². The summed E-state index contributed by atoms with van der Waals surface area (Å²) < 4.78 is 0. The highest BCUT2D eigenvalue weighted by molar-refractivity contribution is 5.53. The third-order valence-corrected chi connectivity index (χ3v) is 5.70. The molecular formula is C33H30. The van der Waals surface area contributed by atoms with Crippen LogP contribution < -0.4 is 0 Å². The van der Waals surface area contributed by atoms with E-state index < -0.39 is 0 Å². The Hall–Kier alpha value is -3.90. The number of rotatable bonds is 9. The van der Waals surface area contributed by atoms with Gasteiger partial charge in [0.05, 0.1) is 0 Å². The van der Waals surface area contributed by atoms with Crippen molar-refractivity contribution >= 4 is 18.2 Å². The molecule has 0 heterocycles. The lowest BCUT2D eigenvalue weighted by atomic mass is 9.93. The van der Waals surface area contributed by atoms with Gasteiger partial charge in [0.25, 0.3) is 0 Å². The van der Waals surface area contributed by atoms with Crippen LogP contribution >= 0.6 is 0 Å². The molecule has 33 heavy (non-hydrogen) atoms. The molecule has 4 aromatic carbocycles. The van der Waals surface area contributed by atoms with Gasteiger partial charge in [0.15, 0.2) is 0 Å². The van der Waals surface area contributed by atoms with Crippen LogP contribution in [0.1, 0.15) is 33.4 Å². The Kier molecular flexibility index (Phi) is 8.26. The minimum atomic E-state index is 0.929. The van der Waals surface area contributed by atoms with E-state index >= 15 is 0 Å². The molecule has 0 saturated carbocycles. The summed E-state index contributed by atoms with van der Waals surface area (Å²) in [5.41, 5.74) is 7.94. The molecule has 0 atom stereocenters. The summed E-state index contributed by atoms with van der Waals surface area (Å²) in [7, 11) is 0. The van der Waals surface area contributed by atoms with Gasteiger partial charge in [0.2, 0.25) is 0 Å². The van der Waals surface area contributed by atoms with Crippen LogP contribution in [0.15, 0.2) is 127 Å². The van der Waals surface area contributed by atoms with E-state index in [4.69, 9.17) is 0 Å². The normalized spacial score (nSPS) is 11.6. The van der Waals surface area contributed by atoms with Gasteiger partial charge in [-0.3, -0.25) is 0 Å². The van der Waals surface area contributed by atoms with Crippen molar-refractivity contribution in [2.45, 2.75) is 19.3 Å². The first-order valence-electron chi connectivity index (χ1n) is 11.6. The molecular weight excluding hydrogens is 396 g/mol. The van der Waals surface area contributed by atoms with Crippen molar-refractivity contribution < 1.29 is 0 Å². The Balaban J connectivity index is 1.54. The SMILES string of the molecule is C(=C\c1ccccc1)/Cc1cccc(C/C=C/c2ccccc2)c1C/C=C/c1ccccc1. The van der Waals surface area contributed by atoms with Crippen LogP contribution in [0.2, 0.25) is 0 Å². The molecule has 4 rings (SSSR count). The maximum absolute atomic E-state index is 2.29. The van der Waals surface area contributed by atoms with Crippen LogP contribution in [-0.4, -0.2) is 0 Å². The molecule has 162 valence electrons. The molecule has 0 heteroatoms. The van der Waals surface area contributed by atoms with E-state index in [2.05, 4.69) is 146 Å². The summed E-state index contributed by atoms with van der Waals surface area (Å²) in [5.74, 6) is 0. The molecule has 0 saturated heterocycles. The molecule has 0 aliphatic heterocycles. The van der Waals surface area contributed by atoms with Crippen LogP contribution in [0.25, 0.3) is 18.2 Å². The van der Waals surface area contributed by atoms with Crippen LogP contribution in [0, 0.1) is 0 Å². The van der Waals surface area contributed by atoms with Gasteiger partial charge in [0.1, 0.15) is 0 Å². The predicted molar refractivity (Wildman–Crippen MR) is 144 cm³/mol. The Labute approximate surface area is 198 Å². The van der Waals surface area contributed by atoms with E-state index in [1.807, 2.05) is 0 Å². The fourth-order valence-corrected chi connectivity index (χ4v) is 3.98. The van der Waals surface area contributed by atoms with E-state index in [-0.39, 0.29) is 0 Å². The van der Waals surface area contributed by atoms with Gasteiger partial charge >= 0.3 is 0 Å². The van der Waals surface area contributed by atoms with Crippen molar-refractivity contribution in [1.29, 1.82) is 0 Å². The highest BCUT2D eigenvalue weighted by atomic mass is 14.1. The predicted octanol–water partition coefficient (Wildman–Crippen LogP) is 8.45. The maximum atomic E-state index is 2.29. The van der Waals surface area contributed by atoms with Crippen molar-refractivity contribution in [3.8, 4) is 0 Å². The zero-order chi connectivity index (χ0) is 22.6. The Morgan fingerprint density at radius 3 is 1.12 bits per heavy atom. The molecule has 0 aliphatic carbocycles. The smallest absolute Gasteiger partial charge is 0.00884 e. The molecule has 0 radical (unpaired) electrons. The van der Waals surface area contributed by atoms with Gasteiger partial charge in [-0.15, -0.1) is 0 Å². The van der Waals surface area contributed by atoms with Crippen LogP contribution in [0.4, 0.5) is 0 Å². The number of allylic oxidation sites excluding steroid dienone is 3. The van der Waals surface area contributed by atoms with Gasteiger partial charge in [-0.2, -0.15) is 0 Å². The van der Waals surface area contributed by atoms with E-state index in [1.54, 1.807) is 0 Å². The van der Waals surface area contributed by atoms with Crippen molar-refractivity contribution in [2.24, 2.45) is 0 Å². The van der Waals surface area contributed by atoms with Crippen molar-refractivity contribution in [3.05, 3.63) is 161 Å². The zero-order valence-corrected chi connectivity index (χ0v) is 19.0. The first-order valence-corrected chi connectivity index (χ1v) is 11.6. The summed E-state index contributed by atoms with van der Waals surface area (Å²) in [4.78, 5) is 0. The minimum absolute atomic E-state index is 0.929. The molecule has 0 N–H and O–H groups in total. The van der Waals surface area contributed by atoms with Gasteiger partial charge < -0.3 is 0 Å². The summed E-state index contributed by atoms with van der Waals surface area (Å²) in [6.07, 6.45) is 16.3. The second kappa shape index (κ2) is 12.2. The zero-order valence-electron chi connectivity index (χ0n) is 19.0. The third-order valence-electron chi connectivity index (χ3n) is 5.70. The molecule has 0 amide bonds. The lowest BCUT2D eigenvalue weighted by Gasteiger charge is -2.12. The van der Waals surface area contributed by atoms with Gasteiger partial charge in [-0.1, -0.05) is 146 Å². The molecule has 0 aromatic heterocycles. The van der Waals surface area contributed by atoms with Crippen molar-refractivity contribution in [1.82, 2.24) is 0 Å². The lowest BCUT2D eigenvalue weighted by Crippen LogP contribution is -1.98. The van der Waals surface area contributed by atoms with Gasteiger partial charge in [-0.05, 0) is 52.6 Å². The first-order chi connectivity index (χ1) is 16.4. The average molecular weight is 427 g/mol. The van der Waals surface area contributed by atoms with E-state index in [9.17, 15) is 0 Å². The third kappa shape index (κ3) is 7.05. The highest BCUT2D eigenvalue weighted by Gasteiger charge is 2.06. The monoisotopic (exact) mass is 426 g/mol. The maximum Gasteiger partial charge on any atom is -0.00884 e. The lowest BCUT2D eigenvalue weighted by molar-refractivity contribution is 1.09. The topological polar surface area (TPSA) is 0 Å². The molecule has 0 spiro atoms. The number of hydrogen-bond acceptors (Lipinski definition) is 0. The van der Waals surface area contributed by atoms with Crippen LogP contribution in [0.3, 0.4) is 0 Å². The standard InChI is InChI=1S/C33H30/c1-4-14-28(15-5-1)20-10-23-31-25-13-26-32(24-11-21-29-16-6-2-7-17-29)33(31)27-12-22-30-18-8-3-9-19-30/h1-22,25-26H,23-24,27H2/b20-10+,21-11+,22-12+. The molecule has 0 unspecified atom stereocenters. The molecule has 0 bridgehead atoms. The fourth-order valence-electron chi connectivity index (χ4n) is 3.98. The summed E-state index contributed by atoms with van der Waals surface area (Å²) in [6, 6.07) is 38.3. The van der Waals surface area contributed by atoms with E-state index in [0.29, 0.717) is 0 Å². The number of benzene rings is 4. The molecule has 0 nitrogen and oxygen atoms in total. The van der Waals surface area contributed by atoms with Crippen LogP contribution in [-0.2, 0) is 19.3 Å². The van der Waals surface area contributed by atoms with E-state index in [1.165, 1.54) is 33.4 Å². The highest BCUT2D eigenvalue weighted by Crippen LogP contribution is 2.20. The number of hydrogen-bond donors (Lipinski definition) is 0.